The van der Waals surface area contributed by atoms with Crippen LogP contribution in [0, 0.1) is 5.82 Å². The van der Waals surface area contributed by atoms with E-state index in [1.165, 1.54) is 0 Å². The molecule has 0 fully saturated rings. The van der Waals surface area contributed by atoms with E-state index in [1.54, 1.807) is 0 Å². The molecule has 4 nitrogen and oxygen atoms in total. The van der Waals surface area contributed by atoms with Gasteiger partial charge in [0.05, 0.1) is 5.56 Å². The minimum Gasteiger partial charge on any atom is -0.402 e. The van der Waals surface area contributed by atoms with E-state index in [0.717, 1.165) is 18.2 Å². The number of hydrogen-bond acceptors (Lipinski definition) is 3. The van der Waals surface area contributed by atoms with Crippen molar-refractivity contribution >= 4 is 11.7 Å². The fourth-order valence-corrected chi connectivity index (χ4v) is 1.52. The summed E-state index contributed by atoms with van der Waals surface area (Å²) in [6.07, 6.45) is -3.82. The Bertz CT molecular complexity index is 594. The maximum absolute atomic E-state index is 13.5. The smallest absolute Gasteiger partial charge is 0.402 e. The first-order valence-electron chi connectivity index (χ1n) is 5.76. The molecule has 0 unspecified atom stereocenters. The number of halogens is 4. The summed E-state index contributed by atoms with van der Waals surface area (Å²) in [6.45, 7) is 0. The average Bonchev–Trinajstić information content (AvgIpc) is 2.35. The molecule has 21 heavy (non-hydrogen) atoms. The molecule has 1 aromatic rings. The van der Waals surface area contributed by atoms with E-state index in [-0.39, 0.29) is 24.1 Å². The number of allylic oxidation sites excluding steroid dienone is 1. The topological polar surface area (TPSA) is 86.2 Å². The highest BCUT2D eigenvalue weighted by Crippen LogP contribution is 2.30. The van der Waals surface area contributed by atoms with E-state index in [4.69, 9.17) is 11.5 Å². The maximum Gasteiger partial charge on any atom is 0.416 e. The molecule has 8 heteroatoms. The Morgan fingerprint density at radius 1 is 1.19 bits per heavy atom. The van der Waals surface area contributed by atoms with Crippen LogP contribution in [-0.4, -0.2) is 11.7 Å². The SMILES string of the molecule is NC(=O)C(=O)C=C(N)CCc1ccc(C(F)(F)F)cc1F. The first kappa shape index (κ1) is 16.7. The van der Waals surface area contributed by atoms with Crippen molar-refractivity contribution in [2.75, 3.05) is 0 Å². The third-order valence-corrected chi connectivity index (χ3v) is 2.62. The standard InChI is InChI=1S/C13H12F4N2O2/c14-10-5-8(13(15,16)17)3-1-7(10)2-4-9(18)6-11(20)12(19)21/h1,3,5-6H,2,4,18H2,(H2,19,21). The van der Waals surface area contributed by atoms with Gasteiger partial charge in [0, 0.05) is 11.8 Å². The lowest BCUT2D eigenvalue weighted by Gasteiger charge is -2.09. The number of aryl methyl sites for hydroxylation is 1. The van der Waals surface area contributed by atoms with Crippen LogP contribution < -0.4 is 11.5 Å². The van der Waals surface area contributed by atoms with Gasteiger partial charge in [0.15, 0.2) is 0 Å². The number of primary amides is 1. The molecule has 0 saturated carbocycles. The highest BCUT2D eigenvalue weighted by molar-refractivity contribution is 6.40. The van der Waals surface area contributed by atoms with Crippen LogP contribution in [0.1, 0.15) is 17.5 Å². The summed E-state index contributed by atoms with van der Waals surface area (Å²) in [5.74, 6) is -3.20. The minimum absolute atomic E-state index is 0.00129. The van der Waals surface area contributed by atoms with Gasteiger partial charge in [0.25, 0.3) is 5.91 Å². The first-order valence-corrected chi connectivity index (χ1v) is 5.76. The molecule has 0 bridgehead atoms. The third-order valence-electron chi connectivity index (χ3n) is 2.62. The number of benzene rings is 1. The molecule has 1 aromatic carbocycles. The normalized spacial score (nSPS) is 12.3. The van der Waals surface area contributed by atoms with Gasteiger partial charge < -0.3 is 11.5 Å². The molecule has 0 saturated heterocycles. The van der Waals surface area contributed by atoms with Crippen LogP contribution in [0.25, 0.3) is 0 Å². The van der Waals surface area contributed by atoms with E-state index < -0.39 is 29.2 Å². The molecule has 0 spiro atoms. The number of nitrogens with two attached hydrogens (primary N) is 2. The van der Waals surface area contributed by atoms with Gasteiger partial charge in [0.1, 0.15) is 5.82 Å². The Labute approximate surface area is 117 Å². The monoisotopic (exact) mass is 304 g/mol. The lowest BCUT2D eigenvalue weighted by molar-refractivity contribution is -0.137. The van der Waals surface area contributed by atoms with Crippen molar-refractivity contribution in [2.45, 2.75) is 19.0 Å². The molecule has 0 aliphatic heterocycles. The minimum atomic E-state index is -4.62. The van der Waals surface area contributed by atoms with Crippen molar-refractivity contribution in [2.24, 2.45) is 11.5 Å². The molecule has 0 aromatic heterocycles. The highest BCUT2D eigenvalue weighted by Gasteiger charge is 2.31. The second-order valence-electron chi connectivity index (χ2n) is 4.25. The molecule has 1 amide bonds. The third kappa shape index (κ3) is 4.90. The van der Waals surface area contributed by atoms with E-state index in [9.17, 15) is 27.2 Å². The van der Waals surface area contributed by atoms with E-state index >= 15 is 0 Å². The molecular formula is C13H12F4N2O2. The summed E-state index contributed by atoms with van der Waals surface area (Å²) < 4.78 is 50.6. The number of rotatable bonds is 5. The second-order valence-corrected chi connectivity index (χ2v) is 4.25. The van der Waals surface area contributed by atoms with E-state index in [2.05, 4.69) is 0 Å². The zero-order chi connectivity index (χ0) is 16.2. The Kier molecular flexibility index (Phi) is 5.07. The fourth-order valence-electron chi connectivity index (χ4n) is 1.52. The molecule has 1 rings (SSSR count). The second kappa shape index (κ2) is 6.38. The molecular weight excluding hydrogens is 292 g/mol. The van der Waals surface area contributed by atoms with Crippen molar-refractivity contribution in [1.82, 2.24) is 0 Å². The number of alkyl halides is 3. The van der Waals surface area contributed by atoms with Crippen molar-refractivity contribution in [3.8, 4) is 0 Å². The van der Waals surface area contributed by atoms with Crippen molar-refractivity contribution in [1.29, 1.82) is 0 Å². The first-order chi connectivity index (χ1) is 9.61. The number of ketones is 1. The number of amides is 1. The molecule has 4 N–H and O–H groups in total. The lowest BCUT2D eigenvalue weighted by Crippen LogP contribution is -2.22. The van der Waals surface area contributed by atoms with Crippen LogP contribution in [0.2, 0.25) is 0 Å². The molecule has 0 heterocycles. The fraction of sp³-hybridized carbons (Fsp3) is 0.231. The van der Waals surface area contributed by atoms with E-state index in [1.807, 2.05) is 0 Å². The zero-order valence-electron chi connectivity index (χ0n) is 10.7. The predicted octanol–water partition coefficient (Wildman–Crippen LogP) is 1.67. The van der Waals surface area contributed by atoms with Gasteiger partial charge in [-0.1, -0.05) is 6.07 Å². The van der Waals surface area contributed by atoms with Crippen LogP contribution in [0.5, 0.6) is 0 Å². The van der Waals surface area contributed by atoms with E-state index in [0.29, 0.717) is 6.07 Å². The Morgan fingerprint density at radius 2 is 1.81 bits per heavy atom. The Morgan fingerprint density at radius 3 is 2.29 bits per heavy atom. The van der Waals surface area contributed by atoms with Gasteiger partial charge in [-0.15, -0.1) is 0 Å². The maximum atomic E-state index is 13.5. The van der Waals surface area contributed by atoms with Gasteiger partial charge in [0.2, 0.25) is 5.78 Å². The van der Waals surface area contributed by atoms with Crippen LogP contribution in [0.3, 0.4) is 0 Å². The van der Waals surface area contributed by atoms with Crippen LogP contribution in [-0.2, 0) is 22.2 Å². The zero-order valence-corrected chi connectivity index (χ0v) is 10.7. The summed E-state index contributed by atoms with van der Waals surface area (Å²) >= 11 is 0. The quantitative estimate of drug-likeness (QED) is 0.493. The highest BCUT2D eigenvalue weighted by atomic mass is 19.4. The average molecular weight is 304 g/mol. The summed E-state index contributed by atoms with van der Waals surface area (Å²) in [5.41, 5.74) is 9.07. The lowest BCUT2D eigenvalue weighted by atomic mass is 10.0. The molecule has 0 aliphatic rings. The van der Waals surface area contributed by atoms with Gasteiger partial charge >= 0.3 is 6.18 Å². The molecule has 0 atom stereocenters. The summed E-state index contributed by atoms with van der Waals surface area (Å²) in [5, 5.41) is 0. The van der Waals surface area contributed by atoms with Gasteiger partial charge in [-0.3, -0.25) is 9.59 Å². The summed E-state index contributed by atoms with van der Waals surface area (Å²) in [6, 6.07) is 2.15. The van der Waals surface area contributed by atoms with Crippen LogP contribution >= 0.6 is 0 Å². The van der Waals surface area contributed by atoms with Crippen molar-refractivity contribution in [3.63, 3.8) is 0 Å². The Hall–Kier alpha value is -2.38. The van der Waals surface area contributed by atoms with Gasteiger partial charge in [-0.05, 0) is 30.5 Å². The van der Waals surface area contributed by atoms with Crippen molar-refractivity contribution < 1.29 is 27.2 Å². The number of hydrogen-bond donors (Lipinski definition) is 2. The summed E-state index contributed by atoms with van der Waals surface area (Å²) in [4.78, 5) is 21.5. The van der Waals surface area contributed by atoms with Gasteiger partial charge in [-0.25, -0.2) is 4.39 Å². The van der Waals surface area contributed by atoms with Crippen LogP contribution in [0.15, 0.2) is 30.0 Å². The van der Waals surface area contributed by atoms with Crippen LogP contribution in [0.4, 0.5) is 17.6 Å². The largest absolute Gasteiger partial charge is 0.416 e. The molecule has 0 radical (unpaired) electrons. The number of carbonyl (C=O) groups excluding carboxylic acids is 2. The Balaban J connectivity index is 2.77. The van der Waals surface area contributed by atoms with Gasteiger partial charge in [-0.2, -0.15) is 13.2 Å². The number of carbonyl (C=O) groups is 2. The molecule has 0 aliphatic carbocycles. The predicted molar refractivity (Wildman–Crippen MR) is 66.2 cm³/mol. The molecule has 114 valence electrons. The summed E-state index contributed by atoms with van der Waals surface area (Å²) in [7, 11) is 0. The van der Waals surface area contributed by atoms with Crippen molar-refractivity contribution in [3.05, 3.63) is 46.9 Å².